The van der Waals surface area contributed by atoms with E-state index >= 15 is 0 Å². The molecule has 5 nitrogen and oxygen atoms in total. The number of carbonyl (C=O) groups is 2. The molecular weight excluding hydrogens is 222 g/mol. The Balaban J connectivity index is 2.90. The lowest BCUT2D eigenvalue weighted by molar-refractivity contribution is -0.138. The van der Waals surface area contributed by atoms with Crippen molar-refractivity contribution >= 4 is 12.2 Å². The number of hydrogen-bond acceptors (Lipinski definition) is 4. The predicted octanol–water partition coefficient (Wildman–Crippen LogP) is 0.861. The summed E-state index contributed by atoms with van der Waals surface area (Å²) in [6.45, 7) is 0.310. The molecule has 0 spiro atoms. The van der Waals surface area contributed by atoms with E-state index in [2.05, 4.69) is 0 Å². The van der Waals surface area contributed by atoms with Crippen molar-refractivity contribution in [2.45, 2.75) is 6.54 Å². The molecule has 0 heterocycles. The number of rotatable bonds is 5. The van der Waals surface area contributed by atoms with Gasteiger partial charge in [0.25, 0.3) is 5.91 Å². The average Bonchev–Trinajstić information content (AvgIpc) is 2.37. The van der Waals surface area contributed by atoms with Crippen LogP contribution < -0.4 is 9.47 Å². The van der Waals surface area contributed by atoms with Crippen LogP contribution in [-0.4, -0.2) is 38.4 Å². The molecule has 0 aliphatic carbocycles. The molecule has 0 bridgehead atoms. The Morgan fingerprint density at radius 3 is 2.59 bits per heavy atom. The second-order valence-corrected chi connectivity index (χ2v) is 3.49. The van der Waals surface area contributed by atoms with Gasteiger partial charge in [0.1, 0.15) is 11.5 Å². The second-order valence-electron chi connectivity index (χ2n) is 3.49. The summed E-state index contributed by atoms with van der Waals surface area (Å²) in [6.07, 6.45) is 0.288. The van der Waals surface area contributed by atoms with Crippen LogP contribution >= 0.6 is 0 Å². The first kappa shape index (κ1) is 13.0. The van der Waals surface area contributed by atoms with Crippen molar-refractivity contribution in [3.8, 4) is 11.5 Å². The molecule has 1 aromatic rings. The fraction of sp³-hybridized carbons (Fsp3) is 0.333. The van der Waals surface area contributed by atoms with Gasteiger partial charge >= 0.3 is 0 Å². The van der Waals surface area contributed by atoms with Crippen LogP contribution in [-0.2, 0) is 16.1 Å². The summed E-state index contributed by atoms with van der Waals surface area (Å²) in [5.41, 5.74) is 0.811. The molecule has 0 N–H and O–H groups in total. The zero-order chi connectivity index (χ0) is 12.8. The number of likely N-dealkylation sites (N-methyl/N-ethyl adjacent to an activating group) is 1. The Morgan fingerprint density at radius 2 is 2.06 bits per heavy atom. The summed E-state index contributed by atoms with van der Waals surface area (Å²) >= 11 is 0. The number of hydrogen-bond donors (Lipinski definition) is 0. The number of methoxy groups -OCH3 is 2. The van der Waals surface area contributed by atoms with Crippen LogP contribution in [0.4, 0.5) is 0 Å². The van der Waals surface area contributed by atoms with Gasteiger partial charge in [0.05, 0.1) is 14.2 Å². The average molecular weight is 237 g/mol. The molecule has 0 saturated carbocycles. The quantitative estimate of drug-likeness (QED) is 0.563. The van der Waals surface area contributed by atoms with Crippen LogP contribution in [0.2, 0.25) is 0 Å². The second kappa shape index (κ2) is 5.89. The lowest BCUT2D eigenvalue weighted by Crippen LogP contribution is -2.27. The summed E-state index contributed by atoms with van der Waals surface area (Å²) in [6, 6.07) is 5.30. The monoisotopic (exact) mass is 237 g/mol. The van der Waals surface area contributed by atoms with Crippen LogP contribution in [0.5, 0.6) is 11.5 Å². The van der Waals surface area contributed by atoms with E-state index in [-0.39, 0.29) is 6.29 Å². The summed E-state index contributed by atoms with van der Waals surface area (Å²) < 4.78 is 10.3. The topological polar surface area (TPSA) is 55.8 Å². The van der Waals surface area contributed by atoms with Gasteiger partial charge in [0.2, 0.25) is 6.29 Å². The standard InChI is InChI=1S/C12H15NO4/c1-13(12(15)8-14)7-9-4-5-10(16-2)6-11(9)17-3/h4-6,8H,7H2,1-3H3. The van der Waals surface area contributed by atoms with Gasteiger partial charge in [-0.2, -0.15) is 0 Å². The Hall–Kier alpha value is -2.04. The molecule has 5 heteroatoms. The third-order valence-corrected chi connectivity index (χ3v) is 2.38. The zero-order valence-corrected chi connectivity index (χ0v) is 10.1. The van der Waals surface area contributed by atoms with Gasteiger partial charge in [-0.25, -0.2) is 0 Å². The van der Waals surface area contributed by atoms with Crippen LogP contribution in [0.25, 0.3) is 0 Å². The fourth-order valence-corrected chi connectivity index (χ4v) is 1.41. The van der Waals surface area contributed by atoms with Gasteiger partial charge < -0.3 is 14.4 Å². The molecular formula is C12H15NO4. The number of ether oxygens (including phenoxy) is 2. The SMILES string of the molecule is COc1ccc(CN(C)C(=O)C=O)c(OC)c1. The Kier molecular flexibility index (Phi) is 4.51. The summed E-state index contributed by atoms with van der Waals surface area (Å²) in [7, 11) is 4.66. The smallest absolute Gasteiger partial charge is 0.286 e. The largest absolute Gasteiger partial charge is 0.497 e. The first-order chi connectivity index (χ1) is 8.12. The van der Waals surface area contributed by atoms with Crippen LogP contribution in [0.3, 0.4) is 0 Å². The number of benzene rings is 1. The Morgan fingerprint density at radius 1 is 1.35 bits per heavy atom. The van der Waals surface area contributed by atoms with Gasteiger partial charge in [-0.05, 0) is 12.1 Å². The van der Waals surface area contributed by atoms with Crippen molar-refractivity contribution in [1.29, 1.82) is 0 Å². The summed E-state index contributed by atoms with van der Waals surface area (Å²) in [5.74, 6) is 0.729. The van der Waals surface area contributed by atoms with E-state index in [1.54, 1.807) is 39.5 Å². The van der Waals surface area contributed by atoms with Crippen molar-refractivity contribution < 1.29 is 19.1 Å². The van der Waals surface area contributed by atoms with Gasteiger partial charge in [0, 0.05) is 25.2 Å². The molecule has 1 aromatic carbocycles. The third kappa shape index (κ3) is 3.21. The molecule has 0 atom stereocenters. The maximum atomic E-state index is 11.1. The summed E-state index contributed by atoms with van der Waals surface area (Å²) in [4.78, 5) is 22.8. The Bertz CT molecular complexity index is 417. The lowest BCUT2D eigenvalue weighted by atomic mass is 10.2. The van der Waals surface area contributed by atoms with Gasteiger partial charge in [0.15, 0.2) is 0 Å². The fourth-order valence-electron chi connectivity index (χ4n) is 1.41. The normalized spacial score (nSPS) is 9.59. The van der Waals surface area contributed by atoms with Crippen LogP contribution in [0.15, 0.2) is 18.2 Å². The molecule has 0 aliphatic rings. The van der Waals surface area contributed by atoms with Gasteiger partial charge in [-0.3, -0.25) is 9.59 Å². The van der Waals surface area contributed by atoms with E-state index in [1.807, 2.05) is 0 Å². The maximum absolute atomic E-state index is 11.1. The summed E-state index contributed by atoms with van der Waals surface area (Å²) in [5, 5.41) is 0. The van der Waals surface area contributed by atoms with E-state index in [1.165, 1.54) is 4.90 Å². The number of nitrogens with zero attached hydrogens (tertiary/aromatic N) is 1. The molecule has 1 amide bonds. The highest BCUT2D eigenvalue weighted by Gasteiger charge is 2.11. The van der Waals surface area contributed by atoms with Crippen molar-refractivity contribution in [2.75, 3.05) is 21.3 Å². The molecule has 0 aliphatic heterocycles. The molecule has 0 aromatic heterocycles. The van der Waals surface area contributed by atoms with Gasteiger partial charge in [-0.1, -0.05) is 0 Å². The molecule has 0 radical (unpaired) electrons. The van der Waals surface area contributed by atoms with Gasteiger partial charge in [-0.15, -0.1) is 0 Å². The van der Waals surface area contributed by atoms with E-state index in [9.17, 15) is 9.59 Å². The van der Waals surface area contributed by atoms with Crippen molar-refractivity contribution in [2.24, 2.45) is 0 Å². The first-order valence-electron chi connectivity index (χ1n) is 5.03. The Labute approximate surface area is 99.9 Å². The first-order valence-corrected chi connectivity index (χ1v) is 5.03. The van der Waals surface area contributed by atoms with Crippen LogP contribution in [0, 0.1) is 0 Å². The third-order valence-electron chi connectivity index (χ3n) is 2.38. The minimum atomic E-state index is -0.567. The maximum Gasteiger partial charge on any atom is 0.286 e. The van der Waals surface area contributed by atoms with E-state index in [0.29, 0.717) is 18.0 Å². The number of carbonyl (C=O) groups excluding carboxylic acids is 2. The van der Waals surface area contributed by atoms with E-state index < -0.39 is 5.91 Å². The lowest BCUT2D eigenvalue weighted by Gasteiger charge is -2.16. The molecule has 0 fully saturated rings. The van der Waals surface area contributed by atoms with E-state index in [0.717, 1.165) is 5.56 Å². The number of amides is 1. The van der Waals surface area contributed by atoms with E-state index in [4.69, 9.17) is 9.47 Å². The highest BCUT2D eigenvalue weighted by molar-refractivity contribution is 6.23. The van der Waals surface area contributed by atoms with Crippen molar-refractivity contribution in [3.05, 3.63) is 23.8 Å². The zero-order valence-electron chi connectivity index (χ0n) is 10.1. The molecule has 1 rings (SSSR count). The van der Waals surface area contributed by atoms with Crippen LogP contribution in [0.1, 0.15) is 5.56 Å². The highest BCUT2D eigenvalue weighted by Crippen LogP contribution is 2.25. The number of aldehydes is 1. The molecule has 92 valence electrons. The van der Waals surface area contributed by atoms with Crippen molar-refractivity contribution in [1.82, 2.24) is 4.90 Å². The van der Waals surface area contributed by atoms with Crippen molar-refractivity contribution in [3.63, 3.8) is 0 Å². The minimum absolute atomic E-state index is 0.288. The minimum Gasteiger partial charge on any atom is -0.497 e. The molecule has 0 unspecified atom stereocenters. The molecule has 0 saturated heterocycles. The highest BCUT2D eigenvalue weighted by atomic mass is 16.5. The predicted molar refractivity (Wildman–Crippen MR) is 62.1 cm³/mol. The molecule has 17 heavy (non-hydrogen) atoms.